The van der Waals surface area contributed by atoms with Gasteiger partial charge in [-0.15, -0.1) is 20.4 Å². The van der Waals surface area contributed by atoms with E-state index in [1.165, 1.54) is 92.9 Å². The van der Waals surface area contributed by atoms with E-state index in [9.17, 15) is 10.1 Å². The van der Waals surface area contributed by atoms with Crippen LogP contribution in [-0.2, 0) is 9.53 Å². The van der Waals surface area contributed by atoms with Crippen molar-refractivity contribution in [2.45, 2.75) is 136 Å². The number of aryl methyl sites for hydroxylation is 2. The first kappa shape index (κ1) is 42.7. The molecule has 1 aliphatic carbocycles. The summed E-state index contributed by atoms with van der Waals surface area (Å²) in [5, 5.41) is 35.0. The van der Waals surface area contributed by atoms with Crippen LogP contribution in [0.15, 0.2) is 55.7 Å². The number of hydrogen-bond acceptors (Lipinski definition) is 12. The maximum absolute atomic E-state index is 12.8. The Bertz CT molecular complexity index is 1820. The van der Waals surface area contributed by atoms with Gasteiger partial charge in [0.25, 0.3) is 5.13 Å². The molecule has 54 heavy (non-hydrogen) atoms. The quantitative estimate of drug-likeness (QED) is 0.0417. The molecular formula is C42H58N8O2S2. The van der Waals surface area contributed by atoms with Crippen molar-refractivity contribution in [2.24, 2.45) is 16.1 Å². The molecule has 1 aromatic carbocycles. The number of unbranched alkanes of at least 4 members (excludes halogenated alkanes) is 8. The van der Waals surface area contributed by atoms with Gasteiger partial charge in [0.15, 0.2) is 16.0 Å². The number of para-hydroxylation sites is 1. The Labute approximate surface area is 330 Å². The lowest BCUT2D eigenvalue weighted by Crippen LogP contribution is -2.16. The Balaban J connectivity index is 1.43. The number of benzene rings is 1. The van der Waals surface area contributed by atoms with E-state index < -0.39 is 0 Å². The van der Waals surface area contributed by atoms with Crippen molar-refractivity contribution in [3.63, 3.8) is 0 Å². The zero-order valence-corrected chi connectivity index (χ0v) is 34.9. The van der Waals surface area contributed by atoms with Crippen LogP contribution in [0.3, 0.4) is 0 Å². The first-order chi connectivity index (χ1) is 26.1. The van der Waals surface area contributed by atoms with Crippen molar-refractivity contribution in [2.75, 3.05) is 23.0 Å². The van der Waals surface area contributed by atoms with Crippen LogP contribution < -0.4 is 10.6 Å². The fourth-order valence-electron chi connectivity index (χ4n) is 6.58. The lowest BCUT2D eigenvalue weighted by molar-refractivity contribution is -0.141. The number of carbonyl (C=O) groups excluding carboxylic acids is 1. The van der Waals surface area contributed by atoms with Gasteiger partial charge >= 0.3 is 5.97 Å². The van der Waals surface area contributed by atoms with Crippen molar-refractivity contribution in [3.8, 4) is 6.07 Å². The number of esters is 1. The van der Waals surface area contributed by atoms with Crippen molar-refractivity contribution < 1.29 is 9.53 Å². The van der Waals surface area contributed by atoms with E-state index in [0.29, 0.717) is 50.4 Å². The minimum Gasteiger partial charge on any atom is -0.465 e. The van der Waals surface area contributed by atoms with Crippen LogP contribution in [0.1, 0.15) is 133 Å². The molecule has 290 valence electrons. The predicted octanol–water partition coefficient (Wildman–Crippen LogP) is 12.9. The number of rotatable bonds is 23. The standard InChI is InChI=1S/C42H58N8O2S2/c1-8-10-12-14-15-17-22-33(21-16-13-11-9-2)26-52-35(51)27-53-42-50-49-41(54-42)48-47-38-32(7)34(25-43)39(44-36-28(3)19-18-20-29(36)4)46-40(38)45-37-30(5)23-24-31(37)6/h18-20,23,33H,8-17,21-22,24,26-27H2,1-7H3,(H2,44,45,46). The normalized spacial score (nSPS) is 13.3. The molecule has 0 saturated heterocycles. The van der Waals surface area contributed by atoms with Gasteiger partial charge in [0.1, 0.15) is 11.8 Å². The number of nitrogens with zero attached hydrogens (tertiary/aromatic N) is 6. The van der Waals surface area contributed by atoms with Gasteiger partial charge in [-0.3, -0.25) is 4.79 Å². The third-order valence-corrected chi connectivity index (χ3v) is 11.8. The van der Waals surface area contributed by atoms with Crippen LogP contribution in [0, 0.1) is 38.0 Å². The molecule has 0 fully saturated rings. The molecule has 1 atom stereocenters. The van der Waals surface area contributed by atoms with Gasteiger partial charge in [0.2, 0.25) is 0 Å². The van der Waals surface area contributed by atoms with Gasteiger partial charge in [-0.2, -0.15) is 5.26 Å². The smallest absolute Gasteiger partial charge is 0.316 e. The van der Waals surface area contributed by atoms with E-state index in [1.807, 2.05) is 39.0 Å². The number of carbonyl (C=O) groups is 1. The van der Waals surface area contributed by atoms with Crippen molar-refractivity contribution in [1.82, 2.24) is 15.2 Å². The molecule has 0 spiro atoms. The van der Waals surface area contributed by atoms with Gasteiger partial charge in [0.05, 0.1) is 17.9 Å². The van der Waals surface area contributed by atoms with Crippen LogP contribution in [0.2, 0.25) is 0 Å². The fourth-order valence-corrected chi connectivity index (χ4v) is 8.04. The van der Waals surface area contributed by atoms with Gasteiger partial charge in [0, 0.05) is 16.9 Å². The molecule has 2 aromatic heterocycles. The molecule has 2 N–H and O–H groups in total. The van der Waals surface area contributed by atoms with Gasteiger partial charge < -0.3 is 15.4 Å². The summed E-state index contributed by atoms with van der Waals surface area (Å²) >= 11 is 2.55. The number of hydrogen-bond donors (Lipinski definition) is 2. The molecule has 0 bridgehead atoms. The van der Waals surface area contributed by atoms with Crippen LogP contribution in [-0.4, -0.2) is 33.5 Å². The summed E-state index contributed by atoms with van der Waals surface area (Å²) < 4.78 is 6.38. The Kier molecular flexibility index (Phi) is 17.6. The highest BCUT2D eigenvalue weighted by atomic mass is 32.2. The molecule has 1 aliphatic rings. The Hall–Kier alpha value is -4.08. The second-order valence-corrected chi connectivity index (χ2v) is 16.5. The highest BCUT2D eigenvalue weighted by molar-refractivity contribution is 8.01. The number of anilines is 3. The van der Waals surface area contributed by atoms with E-state index in [4.69, 9.17) is 9.72 Å². The molecule has 0 aliphatic heterocycles. The van der Waals surface area contributed by atoms with Crippen LogP contribution in [0.4, 0.5) is 28.1 Å². The third kappa shape index (κ3) is 12.8. The van der Waals surface area contributed by atoms with E-state index in [0.717, 1.165) is 47.3 Å². The highest BCUT2D eigenvalue weighted by Crippen LogP contribution is 2.39. The molecule has 2 heterocycles. The number of nitrogens with one attached hydrogen (secondary N) is 2. The average molecular weight is 771 g/mol. The van der Waals surface area contributed by atoms with E-state index in [2.05, 4.69) is 70.9 Å². The molecule has 3 aromatic rings. The number of nitriles is 1. The minimum absolute atomic E-state index is 0.157. The number of azo groups is 1. The molecule has 0 radical (unpaired) electrons. The number of aromatic nitrogens is 3. The second-order valence-electron chi connectivity index (χ2n) is 14.3. The Morgan fingerprint density at radius 1 is 0.926 bits per heavy atom. The minimum atomic E-state index is -0.239. The number of allylic oxidation sites excluding steroid dienone is 3. The Morgan fingerprint density at radius 2 is 1.59 bits per heavy atom. The predicted molar refractivity (Wildman–Crippen MR) is 224 cm³/mol. The zero-order valence-electron chi connectivity index (χ0n) is 33.3. The molecule has 1 unspecified atom stereocenters. The molecule has 12 heteroatoms. The molecule has 4 rings (SSSR count). The maximum atomic E-state index is 12.8. The molecule has 0 saturated carbocycles. The van der Waals surface area contributed by atoms with Crippen LogP contribution in [0.5, 0.6) is 0 Å². The summed E-state index contributed by atoms with van der Waals surface area (Å²) in [6.07, 6.45) is 17.8. The largest absolute Gasteiger partial charge is 0.465 e. The maximum Gasteiger partial charge on any atom is 0.316 e. The van der Waals surface area contributed by atoms with E-state index >= 15 is 0 Å². The Morgan fingerprint density at radius 3 is 2.24 bits per heavy atom. The summed E-state index contributed by atoms with van der Waals surface area (Å²) in [6.45, 7) is 15.0. The van der Waals surface area contributed by atoms with Crippen LogP contribution in [0.25, 0.3) is 0 Å². The second kappa shape index (κ2) is 22.3. The van der Waals surface area contributed by atoms with E-state index in [1.54, 1.807) is 0 Å². The van der Waals surface area contributed by atoms with Crippen molar-refractivity contribution >= 4 is 57.2 Å². The third-order valence-electron chi connectivity index (χ3n) is 9.89. The van der Waals surface area contributed by atoms with Crippen LogP contribution >= 0.6 is 23.1 Å². The fraction of sp³-hybridized carbons (Fsp3) is 0.548. The SMILES string of the molecule is CCCCCCCCC(CCCCCC)COC(=O)CSc1nnc(N=Nc2c(NC3=C(C)CC=C3C)nc(Nc3c(C)cccc3C)c(C#N)c2C)s1. The lowest BCUT2D eigenvalue weighted by Gasteiger charge is -2.18. The molecular weight excluding hydrogens is 713 g/mol. The highest BCUT2D eigenvalue weighted by Gasteiger charge is 2.22. The first-order valence-electron chi connectivity index (χ1n) is 19.6. The summed E-state index contributed by atoms with van der Waals surface area (Å²) in [7, 11) is 0. The first-order valence-corrected chi connectivity index (χ1v) is 21.4. The monoisotopic (exact) mass is 770 g/mol. The summed E-state index contributed by atoms with van der Waals surface area (Å²) in [5.41, 5.74) is 7.75. The van der Waals surface area contributed by atoms with Gasteiger partial charge in [-0.25, -0.2) is 4.98 Å². The van der Waals surface area contributed by atoms with Crippen molar-refractivity contribution in [1.29, 1.82) is 5.26 Å². The molecule has 0 amide bonds. The average Bonchev–Trinajstić information content (AvgIpc) is 3.75. The topological polar surface area (TPSA) is 138 Å². The van der Waals surface area contributed by atoms with Gasteiger partial charge in [-0.1, -0.05) is 125 Å². The van der Waals surface area contributed by atoms with Gasteiger partial charge in [-0.05, 0) is 82.1 Å². The summed E-state index contributed by atoms with van der Waals surface area (Å²) in [6, 6.07) is 8.39. The number of pyridine rings is 1. The molecule has 10 nitrogen and oxygen atoms in total. The number of ether oxygens (including phenoxy) is 1. The van der Waals surface area contributed by atoms with Crippen molar-refractivity contribution in [3.05, 3.63) is 63.4 Å². The summed E-state index contributed by atoms with van der Waals surface area (Å²) in [4.78, 5) is 17.7. The number of thioether (sulfide) groups is 1. The zero-order chi connectivity index (χ0) is 38.9. The lowest BCUT2D eigenvalue weighted by atomic mass is 9.95. The van der Waals surface area contributed by atoms with E-state index in [-0.39, 0.29) is 11.7 Å². The summed E-state index contributed by atoms with van der Waals surface area (Å²) in [5.74, 6) is 1.26.